The molecule has 0 saturated heterocycles. The molecule has 0 spiro atoms. The SMILES string of the molecule is CCN(CC)C(=O)Oc1ccc2c(ccn2Cc2c(C)c(C)c(C)c(C)c2C)c1-c1ccc(F)c(F)c1. The number of ether oxygens (including phenoxy) is 1. The first kappa shape index (κ1) is 26.4. The molecule has 0 saturated carbocycles. The molecule has 4 rings (SSSR count). The molecule has 0 fully saturated rings. The Morgan fingerprint density at radius 2 is 1.46 bits per heavy atom. The van der Waals surface area contributed by atoms with Crippen LogP contribution in [-0.2, 0) is 6.54 Å². The van der Waals surface area contributed by atoms with Gasteiger partial charge in [0.05, 0.1) is 0 Å². The molecule has 0 bridgehead atoms. The quantitative estimate of drug-likeness (QED) is 0.266. The molecular weight excluding hydrogens is 470 g/mol. The van der Waals surface area contributed by atoms with Gasteiger partial charge in [0.1, 0.15) is 5.75 Å². The van der Waals surface area contributed by atoms with Gasteiger partial charge >= 0.3 is 6.09 Å². The van der Waals surface area contributed by atoms with E-state index in [0.29, 0.717) is 36.5 Å². The smallest absolute Gasteiger partial charge is 0.410 e. The molecule has 1 aromatic heterocycles. The highest BCUT2D eigenvalue weighted by atomic mass is 19.2. The molecule has 1 amide bonds. The second kappa shape index (κ2) is 10.4. The minimum Gasteiger partial charge on any atom is -0.410 e. The van der Waals surface area contributed by atoms with E-state index in [-0.39, 0.29) is 0 Å². The largest absolute Gasteiger partial charge is 0.415 e. The third-order valence-corrected chi connectivity index (χ3v) is 7.83. The zero-order chi connectivity index (χ0) is 27.0. The van der Waals surface area contributed by atoms with Gasteiger partial charge in [-0.3, -0.25) is 0 Å². The van der Waals surface area contributed by atoms with E-state index in [1.54, 1.807) is 11.0 Å². The van der Waals surface area contributed by atoms with Gasteiger partial charge in [0, 0.05) is 42.3 Å². The summed E-state index contributed by atoms with van der Waals surface area (Å²) >= 11 is 0. The van der Waals surface area contributed by atoms with Crippen molar-refractivity contribution in [2.24, 2.45) is 0 Å². The van der Waals surface area contributed by atoms with E-state index in [9.17, 15) is 13.6 Å². The van der Waals surface area contributed by atoms with Crippen molar-refractivity contribution in [1.29, 1.82) is 0 Å². The molecule has 0 N–H and O–H groups in total. The van der Waals surface area contributed by atoms with E-state index in [4.69, 9.17) is 4.74 Å². The Morgan fingerprint density at radius 3 is 2.05 bits per heavy atom. The van der Waals surface area contributed by atoms with Crippen LogP contribution in [0.15, 0.2) is 42.6 Å². The van der Waals surface area contributed by atoms with Crippen LogP contribution in [0.1, 0.15) is 47.2 Å². The average molecular weight is 505 g/mol. The lowest BCUT2D eigenvalue weighted by atomic mass is 9.89. The minimum atomic E-state index is -0.952. The molecule has 4 nitrogen and oxygen atoms in total. The van der Waals surface area contributed by atoms with E-state index >= 15 is 0 Å². The van der Waals surface area contributed by atoms with Gasteiger partial charge < -0.3 is 14.2 Å². The molecule has 0 atom stereocenters. The van der Waals surface area contributed by atoms with E-state index in [0.717, 1.165) is 23.0 Å². The van der Waals surface area contributed by atoms with Crippen LogP contribution in [0.3, 0.4) is 0 Å². The van der Waals surface area contributed by atoms with Crippen LogP contribution >= 0.6 is 0 Å². The first-order chi connectivity index (χ1) is 17.6. The molecule has 1 heterocycles. The molecule has 3 aromatic carbocycles. The number of rotatable bonds is 6. The van der Waals surface area contributed by atoms with Crippen LogP contribution in [0.25, 0.3) is 22.0 Å². The lowest BCUT2D eigenvalue weighted by Crippen LogP contribution is -2.33. The molecule has 0 aliphatic rings. The fraction of sp³-hybridized carbons (Fsp3) is 0.323. The number of hydrogen-bond acceptors (Lipinski definition) is 2. The molecule has 6 heteroatoms. The Bertz CT molecular complexity index is 1470. The summed E-state index contributed by atoms with van der Waals surface area (Å²) in [6.07, 6.45) is 1.51. The predicted molar refractivity (Wildman–Crippen MR) is 145 cm³/mol. The molecule has 0 unspecified atom stereocenters. The van der Waals surface area contributed by atoms with Gasteiger partial charge in [-0.1, -0.05) is 6.07 Å². The fourth-order valence-corrected chi connectivity index (χ4v) is 5.05. The predicted octanol–water partition coefficient (Wildman–Crippen LogP) is 8.02. The maximum absolute atomic E-state index is 14.3. The molecule has 0 radical (unpaired) electrons. The fourth-order valence-electron chi connectivity index (χ4n) is 5.05. The third-order valence-electron chi connectivity index (χ3n) is 7.83. The van der Waals surface area contributed by atoms with Gasteiger partial charge in [0.15, 0.2) is 11.6 Å². The number of aromatic nitrogens is 1. The summed E-state index contributed by atoms with van der Waals surface area (Å²) in [6.45, 7) is 16.2. The summed E-state index contributed by atoms with van der Waals surface area (Å²) in [6, 6.07) is 9.36. The van der Waals surface area contributed by atoms with Crippen molar-refractivity contribution in [2.75, 3.05) is 13.1 Å². The highest BCUT2D eigenvalue weighted by Crippen LogP contribution is 2.39. The summed E-state index contributed by atoms with van der Waals surface area (Å²) in [5.74, 6) is -1.57. The maximum atomic E-state index is 14.3. The summed E-state index contributed by atoms with van der Waals surface area (Å²) in [4.78, 5) is 14.4. The Kier molecular flexibility index (Phi) is 7.39. The number of fused-ring (bicyclic) bond motifs is 1. The van der Waals surface area contributed by atoms with Crippen molar-refractivity contribution in [3.8, 4) is 16.9 Å². The monoisotopic (exact) mass is 504 g/mol. The number of amides is 1. The number of hydrogen-bond donors (Lipinski definition) is 0. The van der Waals surface area contributed by atoms with Gasteiger partial charge in [-0.25, -0.2) is 13.6 Å². The van der Waals surface area contributed by atoms with Gasteiger partial charge in [-0.2, -0.15) is 0 Å². The zero-order valence-corrected chi connectivity index (χ0v) is 22.6. The van der Waals surface area contributed by atoms with Crippen molar-refractivity contribution in [3.05, 3.63) is 87.6 Å². The highest BCUT2D eigenvalue weighted by molar-refractivity contribution is 5.99. The van der Waals surface area contributed by atoms with E-state index in [1.807, 2.05) is 32.2 Å². The molecule has 37 heavy (non-hydrogen) atoms. The second-order valence-electron chi connectivity index (χ2n) is 9.59. The van der Waals surface area contributed by atoms with Crippen LogP contribution in [0.5, 0.6) is 5.75 Å². The second-order valence-corrected chi connectivity index (χ2v) is 9.59. The molecule has 0 aliphatic heterocycles. The number of halogens is 2. The minimum absolute atomic E-state index is 0.308. The maximum Gasteiger partial charge on any atom is 0.415 e. The Balaban J connectivity index is 1.88. The van der Waals surface area contributed by atoms with Crippen molar-refractivity contribution in [2.45, 2.75) is 55.0 Å². The summed E-state index contributed by atoms with van der Waals surface area (Å²) in [5, 5.41) is 0.798. The normalized spacial score (nSPS) is 11.3. The topological polar surface area (TPSA) is 34.5 Å². The summed E-state index contributed by atoms with van der Waals surface area (Å²) in [7, 11) is 0. The zero-order valence-electron chi connectivity index (χ0n) is 22.6. The standard InChI is InChI=1S/C31H34F2N2O2/c1-8-34(9-2)31(36)37-29-13-12-28-24(30(29)23-10-11-26(32)27(33)16-23)14-15-35(28)17-25-21(6)19(4)18(3)20(5)22(25)7/h10-16H,8-9,17H2,1-7H3. The lowest BCUT2D eigenvalue weighted by Gasteiger charge is -2.21. The number of nitrogens with zero attached hydrogens (tertiary/aromatic N) is 2. The van der Waals surface area contributed by atoms with E-state index in [1.165, 1.54) is 39.4 Å². The third kappa shape index (κ3) is 4.73. The van der Waals surface area contributed by atoms with Crippen LogP contribution in [0.4, 0.5) is 13.6 Å². The first-order valence-corrected chi connectivity index (χ1v) is 12.7. The van der Waals surface area contributed by atoms with Crippen molar-refractivity contribution in [3.63, 3.8) is 0 Å². The van der Waals surface area contributed by atoms with E-state index < -0.39 is 17.7 Å². The Morgan fingerprint density at radius 1 is 0.838 bits per heavy atom. The van der Waals surface area contributed by atoms with Gasteiger partial charge in [-0.05, 0) is 118 Å². The van der Waals surface area contributed by atoms with Crippen molar-refractivity contribution >= 4 is 17.0 Å². The number of benzene rings is 3. The number of carbonyl (C=O) groups is 1. The average Bonchev–Trinajstić information content (AvgIpc) is 3.29. The van der Waals surface area contributed by atoms with Crippen LogP contribution in [-0.4, -0.2) is 28.6 Å². The Labute approximate surface area is 217 Å². The first-order valence-electron chi connectivity index (χ1n) is 12.7. The molecule has 4 aromatic rings. The molecule has 0 aliphatic carbocycles. The highest BCUT2D eigenvalue weighted by Gasteiger charge is 2.21. The lowest BCUT2D eigenvalue weighted by molar-refractivity contribution is 0.157. The van der Waals surface area contributed by atoms with Gasteiger partial charge in [0.2, 0.25) is 0 Å². The van der Waals surface area contributed by atoms with Crippen LogP contribution in [0, 0.1) is 46.3 Å². The number of carbonyl (C=O) groups excluding carboxylic acids is 1. The van der Waals surface area contributed by atoms with Crippen molar-refractivity contribution < 1.29 is 18.3 Å². The van der Waals surface area contributed by atoms with E-state index in [2.05, 4.69) is 39.2 Å². The summed E-state index contributed by atoms with van der Waals surface area (Å²) in [5.41, 5.74) is 9.63. The Hall–Kier alpha value is -3.67. The molecule has 194 valence electrons. The van der Waals surface area contributed by atoms with Gasteiger partial charge in [0.25, 0.3) is 0 Å². The molecular formula is C31H34F2N2O2. The van der Waals surface area contributed by atoms with Crippen LogP contribution in [0.2, 0.25) is 0 Å². The van der Waals surface area contributed by atoms with Gasteiger partial charge in [-0.15, -0.1) is 0 Å². The summed E-state index contributed by atoms with van der Waals surface area (Å²) < 4.78 is 36.0. The van der Waals surface area contributed by atoms with Crippen molar-refractivity contribution in [1.82, 2.24) is 9.47 Å². The van der Waals surface area contributed by atoms with Crippen LogP contribution < -0.4 is 4.74 Å².